The molecular weight excluding hydrogens is 551 g/mol. The van der Waals surface area contributed by atoms with Gasteiger partial charge in [-0.3, -0.25) is 14.5 Å². The second-order valence-electron chi connectivity index (χ2n) is 8.16. The molecule has 0 unspecified atom stereocenters. The zero-order valence-corrected chi connectivity index (χ0v) is 23.3. The minimum atomic E-state index is -0.375. The molecule has 1 fully saturated rings. The number of methoxy groups -OCH3 is 1. The van der Waals surface area contributed by atoms with E-state index in [-0.39, 0.29) is 18.4 Å². The lowest BCUT2D eigenvalue weighted by Crippen LogP contribution is -2.27. The van der Waals surface area contributed by atoms with Gasteiger partial charge in [0.2, 0.25) is 0 Å². The molecule has 0 radical (unpaired) electrons. The first-order valence-electron chi connectivity index (χ1n) is 11.1. The molecule has 0 atom stereocenters. The SMILES string of the molecule is COc1cc(/C=C2\SC(=S)N(c3ccc(C)c(C)c3)C2=O)ccc1OCC(=O)Nc1ccc(Cl)c(Cl)c1. The third-order valence-electron chi connectivity index (χ3n) is 5.59. The number of rotatable bonds is 7. The van der Waals surface area contributed by atoms with Gasteiger partial charge in [-0.05, 0) is 79.1 Å². The quantitative estimate of drug-likeness (QED) is 0.242. The van der Waals surface area contributed by atoms with Crippen molar-refractivity contribution in [1.82, 2.24) is 0 Å². The Labute approximate surface area is 234 Å². The van der Waals surface area contributed by atoms with Crippen LogP contribution in [0.25, 0.3) is 6.08 Å². The van der Waals surface area contributed by atoms with Gasteiger partial charge in [-0.15, -0.1) is 0 Å². The Morgan fingerprint density at radius 3 is 2.51 bits per heavy atom. The summed E-state index contributed by atoms with van der Waals surface area (Å²) in [5.74, 6) is 0.239. The number of hydrogen-bond donors (Lipinski definition) is 1. The number of benzene rings is 3. The molecule has 0 aromatic heterocycles. The van der Waals surface area contributed by atoms with Crippen molar-refractivity contribution in [3.63, 3.8) is 0 Å². The highest BCUT2D eigenvalue weighted by atomic mass is 35.5. The van der Waals surface area contributed by atoms with E-state index in [1.807, 2.05) is 32.0 Å². The zero-order valence-electron chi connectivity index (χ0n) is 20.1. The van der Waals surface area contributed by atoms with Crippen LogP contribution in [0.1, 0.15) is 16.7 Å². The molecular formula is C27H22Cl2N2O4S2. The zero-order chi connectivity index (χ0) is 26.7. The maximum absolute atomic E-state index is 13.1. The molecule has 2 amide bonds. The maximum atomic E-state index is 13.1. The van der Waals surface area contributed by atoms with E-state index in [0.717, 1.165) is 22.4 Å². The molecule has 10 heteroatoms. The van der Waals surface area contributed by atoms with Crippen molar-refractivity contribution in [3.05, 3.63) is 86.2 Å². The smallest absolute Gasteiger partial charge is 0.270 e. The number of carbonyl (C=O) groups is 2. The summed E-state index contributed by atoms with van der Waals surface area (Å²) in [5, 5.41) is 3.43. The van der Waals surface area contributed by atoms with Gasteiger partial charge in [-0.1, -0.05) is 59.3 Å². The topological polar surface area (TPSA) is 67.9 Å². The summed E-state index contributed by atoms with van der Waals surface area (Å²) < 4.78 is 11.6. The number of anilines is 2. The largest absolute Gasteiger partial charge is 0.493 e. The average Bonchev–Trinajstić information content (AvgIpc) is 3.14. The van der Waals surface area contributed by atoms with Crippen molar-refractivity contribution >= 4 is 80.8 Å². The number of aryl methyl sites for hydroxylation is 2. The molecule has 1 aliphatic heterocycles. The Morgan fingerprint density at radius 1 is 1.03 bits per heavy atom. The Balaban J connectivity index is 1.45. The maximum Gasteiger partial charge on any atom is 0.270 e. The lowest BCUT2D eigenvalue weighted by molar-refractivity contribution is -0.118. The summed E-state index contributed by atoms with van der Waals surface area (Å²) in [6.45, 7) is 3.77. The van der Waals surface area contributed by atoms with Crippen LogP contribution in [0.5, 0.6) is 11.5 Å². The van der Waals surface area contributed by atoms with Crippen molar-refractivity contribution < 1.29 is 19.1 Å². The normalized spacial score (nSPS) is 14.3. The molecule has 37 heavy (non-hydrogen) atoms. The summed E-state index contributed by atoms with van der Waals surface area (Å²) >= 11 is 18.6. The molecule has 4 rings (SSSR count). The number of halogens is 2. The molecule has 190 valence electrons. The van der Waals surface area contributed by atoms with Crippen LogP contribution in [-0.2, 0) is 9.59 Å². The van der Waals surface area contributed by atoms with Gasteiger partial charge < -0.3 is 14.8 Å². The van der Waals surface area contributed by atoms with Crippen LogP contribution >= 0.6 is 47.2 Å². The molecule has 3 aromatic rings. The summed E-state index contributed by atoms with van der Waals surface area (Å²) in [5.41, 5.74) is 4.20. The van der Waals surface area contributed by atoms with Gasteiger partial charge in [0.1, 0.15) is 0 Å². The highest BCUT2D eigenvalue weighted by molar-refractivity contribution is 8.27. The fourth-order valence-electron chi connectivity index (χ4n) is 3.51. The highest BCUT2D eigenvalue weighted by Gasteiger charge is 2.33. The summed E-state index contributed by atoms with van der Waals surface area (Å²) in [4.78, 5) is 27.5. The van der Waals surface area contributed by atoms with E-state index < -0.39 is 0 Å². The minimum Gasteiger partial charge on any atom is -0.493 e. The summed E-state index contributed by atoms with van der Waals surface area (Å²) in [6.07, 6.45) is 1.75. The highest BCUT2D eigenvalue weighted by Crippen LogP contribution is 2.37. The standard InChI is InChI=1S/C27H22Cl2N2O4S2/c1-15-4-7-19(10-16(15)2)31-26(33)24(37-27(31)36)12-17-5-9-22(23(11-17)34-3)35-14-25(32)30-18-6-8-20(28)21(29)13-18/h4-13H,14H2,1-3H3,(H,30,32)/b24-12-. The Hall–Kier alpha value is -3.04. The molecule has 0 saturated carbocycles. The minimum absolute atomic E-state index is 0.184. The van der Waals surface area contributed by atoms with Gasteiger partial charge in [-0.25, -0.2) is 0 Å². The second-order valence-corrected chi connectivity index (χ2v) is 10.7. The van der Waals surface area contributed by atoms with E-state index in [1.54, 1.807) is 47.4 Å². The molecule has 6 nitrogen and oxygen atoms in total. The molecule has 0 aliphatic carbocycles. The lowest BCUT2D eigenvalue weighted by atomic mass is 10.1. The first-order chi connectivity index (χ1) is 17.7. The van der Waals surface area contributed by atoms with Crippen molar-refractivity contribution in [3.8, 4) is 11.5 Å². The van der Waals surface area contributed by atoms with E-state index >= 15 is 0 Å². The number of thioether (sulfide) groups is 1. The fourth-order valence-corrected chi connectivity index (χ4v) is 5.11. The second kappa shape index (κ2) is 11.6. The first kappa shape index (κ1) is 27.0. The van der Waals surface area contributed by atoms with Crippen LogP contribution in [0.15, 0.2) is 59.5 Å². The molecule has 1 saturated heterocycles. The number of carbonyl (C=O) groups excluding carboxylic acids is 2. The molecule has 3 aromatic carbocycles. The molecule has 1 N–H and O–H groups in total. The third-order valence-corrected chi connectivity index (χ3v) is 7.63. The monoisotopic (exact) mass is 572 g/mol. The Kier molecular flexibility index (Phi) is 8.44. The van der Waals surface area contributed by atoms with Crippen molar-refractivity contribution in [1.29, 1.82) is 0 Å². The average molecular weight is 574 g/mol. The molecule has 0 bridgehead atoms. The van der Waals surface area contributed by atoms with Gasteiger partial charge >= 0.3 is 0 Å². The Morgan fingerprint density at radius 2 is 1.81 bits per heavy atom. The van der Waals surface area contributed by atoms with E-state index in [1.165, 1.54) is 18.9 Å². The summed E-state index contributed by atoms with van der Waals surface area (Å²) in [6, 6.07) is 15.8. The van der Waals surface area contributed by atoms with Crippen LogP contribution in [-0.4, -0.2) is 29.9 Å². The van der Waals surface area contributed by atoms with Crippen LogP contribution in [0.3, 0.4) is 0 Å². The predicted octanol–water partition coefficient (Wildman–Crippen LogP) is 7.04. The van der Waals surface area contributed by atoms with Crippen LogP contribution in [0.4, 0.5) is 11.4 Å². The van der Waals surface area contributed by atoms with Crippen molar-refractivity contribution in [2.24, 2.45) is 0 Å². The molecule has 1 aliphatic rings. The summed E-state index contributed by atoms with van der Waals surface area (Å²) in [7, 11) is 1.50. The lowest BCUT2D eigenvalue weighted by Gasteiger charge is -2.16. The van der Waals surface area contributed by atoms with Crippen molar-refractivity contribution in [2.45, 2.75) is 13.8 Å². The van der Waals surface area contributed by atoms with Crippen LogP contribution in [0.2, 0.25) is 10.0 Å². The van der Waals surface area contributed by atoms with E-state index in [0.29, 0.717) is 36.5 Å². The predicted molar refractivity (Wildman–Crippen MR) is 155 cm³/mol. The van der Waals surface area contributed by atoms with Gasteiger partial charge in [0.25, 0.3) is 11.8 Å². The van der Waals surface area contributed by atoms with E-state index in [2.05, 4.69) is 5.32 Å². The number of ether oxygens (including phenoxy) is 2. The Bertz CT molecular complexity index is 1440. The molecule has 0 spiro atoms. The van der Waals surface area contributed by atoms with Gasteiger partial charge in [0.05, 0.1) is 27.7 Å². The van der Waals surface area contributed by atoms with Crippen molar-refractivity contribution in [2.75, 3.05) is 23.9 Å². The van der Waals surface area contributed by atoms with Gasteiger partial charge in [0.15, 0.2) is 22.4 Å². The van der Waals surface area contributed by atoms with Gasteiger partial charge in [-0.2, -0.15) is 0 Å². The number of nitrogens with zero attached hydrogens (tertiary/aromatic N) is 1. The molecule has 1 heterocycles. The number of nitrogens with one attached hydrogen (secondary N) is 1. The first-order valence-corrected chi connectivity index (χ1v) is 13.1. The van der Waals surface area contributed by atoms with E-state index in [4.69, 9.17) is 44.9 Å². The van der Waals surface area contributed by atoms with Gasteiger partial charge in [0, 0.05) is 5.69 Å². The number of hydrogen-bond acceptors (Lipinski definition) is 6. The fraction of sp³-hybridized carbons (Fsp3) is 0.148. The number of thiocarbonyl (C=S) groups is 1. The number of amides is 2. The van der Waals surface area contributed by atoms with Crippen LogP contribution < -0.4 is 19.7 Å². The van der Waals surface area contributed by atoms with Crippen LogP contribution in [0, 0.1) is 13.8 Å². The van der Waals surface area contributed by atoms with E-state index in [9.17, 15) is 9.59 Å². The third kappa shape index (κ3) is 6.27.